The fraction of sp³-hybridized carbons (Fsp3) is 0.467. The van der Waals surface area contributed by atoms with Gasteiger partial charge in [0, 0.05) is 12.5 Å². The van der Waals surface area contributed by atoms with Gasteiger partial charge in [0.1, 0.15) is 5.75 Å². The molecule has 0 saturated carbocycles. The SMILES string of the molecule is COc1ccccc1C(C)CC(=O)NC(C)CC(=O)O. The topological polar surface area (TPSA) is 75.6 Å². The van der Waals surface area contributed by atoms with E-state index in [1.54, 1.807) is 14.0 Å². The molecule has 2 atom stereocenters. The van der Waals surface area contributed by atoms with E-state index >= 15 is 0 Å². The van der Waals surface area contributed by atoms with Crippen LogP contribution < -0.4 is 10.1 Å². The van der Waals surface area contributed by atoms with Crippen LogP contribution in [0.4, 0.5) is 0 Å². The molecule has 110 valence electrons. The van der Waals surface area contributed by atoms with Gasteiger partial charge < -0.3 is 15.2 Å². The minimum atomic E-state index is -0.921. The summed E-state index contributed by atoms with van der Waals surface area (Å²) in [5, 5.41) is 11.3. The third kappa shape index (κ3) is 4.91. The highest BCUT2D eigenvalue weighted by Crippen LogP contribution is 2.28. The predicted molar refractivity (Wildman–Crippen MR) is 75.9 cm³/mol. The van der Waals surface area contributed by atoms with Crippen LogP contribution in [0.25, 0.3) is 0 Å². The number of carboxylic acid groups (broad SMARTS) is 1. The molecule has 20 heavy (non-hydrogen) atoms. The van der Waals surface area contributed by atoms with Gasteiger partial charge in [0.25, 0.3) is 0 Å². The highest BCUT2D eigenvalue weighted by atomic mass is 16.5. The molecule has 0 aliphatic rings. The van der Waals surface area contributed by atoms with Crippen LogP contribution in [0.5, 0.6) is 5.75 Å². The molecular formula is C15H21NO4. The van der Waals surface area contributed by atoms with Gasteiger partial charge in [-0.1, -0.05) is 25.1 Å². The molecule has 0 heterocycles. The average Bonchev–Trinajstić information content (AvgIpc) is 2.37. The average molecular weight is 279 g/mol. The van der Waals surface area contributed by atoms with E-state index in [9.17, 15) is 9.59 Å². The summed E-state index contributed by atoms with van der Waals surface area (Å²) in [7, 11) is 1.60. The van der Waals surface area contributed by atoms with Crippen molar-refractivity contribution in [2.75, 3.05) is 7.11 Å². The Kier molecular flexibility index (Phi) is 6.03. The largest absolute Gasteiger partial charge is 0.496 e. The Morgan fingerprint density at radius 2 is 1.90 bits per heavy atom. The third-order valence-corrected chi connectivity index (χ3v) is 3.05. The molecule has 1 rings (SSSR count). The van der Waals surface area contributed by atoms with Gasteiger partial charge in [-0.05, 0) is 24.5 Å². The van der Waals surface area contributed by atoms with Crippen LogP contribution in [0, 0.1) is 0 Å². The first-order valence-corrected chi connectivity index (χ1v) is 6.58. The quantitative estimate of drug-likeness (QED) is 0.802. The lowest BCUT2D eigenvalue weighted by Gasteiger charge is -2.17. The standard InChI is InChI=1S/C15H21NO4/c1-10(12-6-4-5-7-13(12)20-3)8-14(17)16-11(2)9-15(18)19/h4-7,10-11H,8-9H2,1-3H3,(H,16,17)(H,18,19). The molecule has 0 aliphatic heterocycles. The molecule has 5 heteroatoms. The van der Waals surface area contributed by atoms with Gasteiger partial charge in [0.05, 0.1) is 13.5 Å². The van der Waals surface area contributed by atoms with E-state index in [-0.39, 0.29) is 24.3 Å². The molecule has 5 nitrogen and oxygen atoms in total. The number of hydrogen-bond donors (Lipinski definition) is 2. The molecule has 0 saturated heterocycles. The Morgan fingerprint density at radius 1 is 1.25 bits per heavy atom. The van der Waals surface area contributed by atoms with Crippen LogP contribution in [0.2, 0.25) is 0 Å². The van der Waals surface area contributed by atoms with Crippen molar-refractivity contribution in [1.29, 1.82) is 0 Å². The van der Waals surface area contributed by atoms with E-state index < -0.39 is 5.97 Å². The Bertz CT molecular complexity index is 473. The van der Waals surface area contributed by atoms with Crippen LogP contribution in [-0.2, 0) is 9.59 Å². The molecule has 1 aromatic rings. The number of amides is 1. The number of carbonyl (C=O) groups is 2. The first kappa shape index (κ1) is 16.0. The normalized spacial score (nSPS) is 13.3. The van der Waals surface area contributed by atoms with Gasteiger partial charge in [-0.2, -0.15) is 0 Å². The zero-order valence-corrected chi connectivity index (χ0v) is 12.1. The van der Waals surface area contributed by atoms with E-state index in [1.165, 1.54) is 0 Å². The number of aliphatic carboxylic acids is 1. The molecule has 0 aliphatic carbocycles. The fourth-order valence-corrected chi connectivity index (χ4v) is 2.11. The van der Waals surface area contributed by atoms with E-state index in [2.05, 4.69) is 5.32 Å². The molecule has 0 fully saturated rings. The zero-order valence-electron chi connectivity index (χ0n) is 12.1. The molecule has 0 spiro atoms. The summed E-state index contributed by atoms with van der Waals surface area (Å²) in [6, 6.07) is 7.20. The number of nitrogens with one attached hydrogen (secondary N) is 1. The molecule has 1 aromatic carbocycles. The number of carbonyl (C=O) groups excluding carboxylic acids is 1. The number of hydrogen-bond acceptors (Lipinski definition) is 3. The van der Waals surface area contributed by atoms with Crippen molar-refractivity contribution in [3.05, 3.63) is 29.8 Å². The van der Waals surface area contributed by atoms with Crippen molar-refractivity contribution >= 4 is 11.9 Å². The summed E-state index contributed by atoms with van der Waals surface area (Å²) in [6.07, 6.45) is 0.221. The van der Waals surface area contributed by atoms with Crippen molar-refractivity contribution in [3.8, 4) is 5.75 Å². The van der Waals surface area contributed by atoms with Gasteiger partial charge in [0.15, 0.2) is 0 Å². The molecular weight excluding hydrogens is 258 g/mol. The van der Waals surface area contributed by atoms with Crippen molar-refractivity contribution in [1.82, 2.24) is 5.32 Å². The van der Waals surface area contributed by atoms with E-state index in [1.807, 2.05) is 31.2 Å². The maximum absolute atomic E-state index is 11.9. The first-order valence-electron chi connectivity index (χ1n) is 6.58. The molecule has 0 radical (unpaired) electrons. The second-order valence-corrected chi connectivity index (χ2v) is 4.91. The van der Waals surface area contributed by atoms with E-state index in [0.29, 0.717) is 6.42 Å². The number of ether oxygens (including phenoxy) is 1. The Labute approximate surface area is 118 Å². The Morgan fingerprint density at radius 3 is 2.50 bits per heavy atom. The molecule has 0 aromatic heterocycles. The minimum absolute atomic E-state index is 0.00294. The van der Waals surface area contributed by atoms with Crippen molar-refractivity contribution in [3.63, 3.8) is 0 Å². The number of methoxy groups -OCH3 is 1. The monoisotopic (exact) mass is 279 g/mol. The molecule has 1 amide bonds. The third-order valence-electron chi connectivity index (χ3n) is 3.05. The maximum Gasteiger partial charge on any atom is 0.305 e. The predicted octanol–water partition coefficient (Wildman–Crippen LogP) is 2.17. The lowest BCUT2D eigenvalue weighted by molar-refractivity contribution is -0.137. The Hall–Kier alpha value is -2.04. The fourth-order valence-electron chi connectivity index (χ4n) is 2.11. The van der Waals surface area contributed by atoms with Crippen molar-refractivity contribution < 1.29 is 19.4 Å². The molecule has 2 unspecified atom stereocenters. The summed E-state index contributed by atoms with van der Waals surface area (Å²) >= 11 is 0. The lowest BCUT2D eigenvalue weighted by atomic mass is 9.96. The summed E-state index contributed by atoms with van der Waals surface area (Å²) in [5.74, 6) is -0.317. The summed E-state index contributed by atoms with van der Waals surface area (Å²) in [6.45, 7) is 3.62. The summed E-state index contributed by atoms with van der Waals surface area (Å²) in [5.41, 5.74) is 0.969. The first-order chi connectivity index (χ1) is 9.43. The van der Waals surface area contributed by atoms with Crippen LogP contribution in [0.3, 0.4) is 0 Å². The van der Waals surface area contributed by atoms with Crippen LogP contribution in [0.15, 0.2) is 24.3 Å². The smallest absolute Gasteiger partial charge is 0.305 e. The minimum Gasteiger partial charge on any atom is -0.496 e. The Balaban J connectivity index is 2.59. The van der Waals surface area contributed by atoms with Gasteiger partial charge in [-0.25, -0.2) is 0 Å². The zero-order chi connectivity index (χ0) is 15.1. The maximum atomic E-state index is 11.9. The number of rotatable bonds is 7. The number of benzene rings is 1. The number of carboxylic acids is 1. The van der Waals surface area contributed by atoms with Crippen LogP contribution >= 0.6 is 0 Å². The molecule has 0 bridgehead atoms. The highest BCUT2D eigenvalue weighted by Gasteiger charge is 2.17. The molecule has 2 N–H and O–H groups in total. The van der Waals surface area contributed by atoms with Gasteiger partial charge in [-0.15, -0.1) is 0 Å². The second-order valence-electron chi connectivity index (χ2n) is 4.91. The lowest BCUT2D eigenvalue weighted by Crippen LogP contribution is -2.34. The number of para-hydroxylation sites is 1. The van der Waals surface area contributed by atoms with Crippen LogP contribution in [-0.4, -0.2) is 30.1 Å². The van der Waals surface area contributed by atoms with Crippen molar-refractivity contribution in [2.45, 2.75) is 38.6 Å². The summed E-state index contributed by atoms with van der Waals surface area (Å²) in [4.78, 5) is 22.4. The van der Waals surface area contributed by atoms with Gasteiger partial charge in [0.2, 0.25) is 5.91 Å². The van der Waals surface area contributed by atoms with E-state index in [0.717, 1.165) is 11.3 Å². The van der Waals surface area contributed by atoms with E-state index in [4.69, 9.17) is 9.84 Å². The van der Waals surface area contributed by atoms with Gasteiger partial charge in [-0.3, -0.25) is 9.59 Å². The van der Waals surface area contributed by atoms with Crippen molar-refractivity contribution in [2.24, 2.45) is 0 Å². The highest BCUT2D eigenvalue weighted by molar-refractivity contribution is 5.78. The van der Waals surface area contributed by atoms with Crippen LogP contribution in [0.1, 0.15) is 38.2 Å². The second kappa shape index (κ2) is 7.53. The summed E-state index contributed by atoms with van der Waals surface area (Å²) < 4.78 is 5.27. The van der Waals surface area contributed by atoms with Gasteiger partial charge >= 0.3 is 5.97 Å².